The fourth-order valence-electron chi connectivity index (χ4n) is 0.953. The van der Waals surface area contributed by atoms with E-state index in [2.05, 4.69) is 16.4 Å². The van der Waals surface area contributed by atoms with Crippen LogP contribution < -0.4 is 4.72 Å². The van der Waals surface area contributed by atoms with Crippen molar-refractivity contribution in [1.29, 1.82) is 0 Å². The number of thiol groups is 1. The molecule has 0 atom stereocenters. The minimum atomic E-state index is -3.32. The quantitative estimate of drug-likeness (QED) is 0.633. The molecule has 0 aliphatic heterocycles. The maximum atomic E-state index is 11.5. The molecule has 0 fully saturated rings. The summed E-state index contributed by atoms with van der Waals surface area (Å²) >= 11 is 4.01. The van der Waals surface area contributed by atoms with Crippen molar-refractivity contribution in [2.75, 3.05) is 6.54 Å². The van der Waals surface area contributed by atoms with Crippen LogP contribution in [0.2, 0.25) is 0 Å². The van der Waals surface area contributed by atoms with Crippen LogP contribution in [-0.4, -0.2) is 15.0 Å². The van der Waals surface area contributed by atoms with E-state index in [9.17, 15) is 8.42 Å². The van der Waals surface area contributed by atoms with Gasteiger partial charge in [0, 0.05) is 11.4 Å². The average molecular weight is 249 g/mol. The van der Waals surface area contributed by atoms with Gasteiger partial charge < -0.3 is 0 Å². The number of rotatable bonds is 4. The summed E-state index contributed by atoms with van der Waals surface area (Å²) < 4.78 is 25.4. The zero-order valence-electron chi connectivity index (χ0n) is 7.60. The number of hydrogen-bond donors (Lipinski definition) is 2. The van der Waals surface area contributed by atoms with E-state index >= 15 is 0 Å². The van der Waals surface area contributed by atoms with Gasteiger partial charge in [-0.05, 0) is 24.3 Å². The topological polar surface area (TPSA) is 46.2 Å². The van der Waals surface area contributed by atoms with Crippen LogP contribution in [0.3, 0.4) is 0 Å². The first kappa shape index (κ1) is 11.9. The molecule has 0 unspecified atom stereocenters. The summed E-state index contributed by atoms with van der Waals surface area (Å²) in [5.74, 6) is 0. The third-order valence-corrected chi connectivity index (χ3v) is 4.25. The van der Waals surface area contributed by atoms with Crippen LogP contribution in [-0.2, 0) is 10.0 Å². The first-order valence-corrected chi connectivity index (χ1v) is 7.36. The van der Waals surface area contributed by atoms with Crippen molar-refractivity contribution in [3.8, 4) is 0 Å². The largest absolute Gasteiger partial charge is 0.240 e. The Kier molecular flexibility index (Phi) is 4.31. The lowest BCUT2D eigenvalue weighted by atomic mass is 10.4. The monoisotopic (exact) mass is 249 g/mol. The standard InChI is InChI=1S/C8H11NO2S3/c1-2-9-14(10,11)8-5-3-7(13-12)4-6-8/h3-6,9,12H,2H2,1H3. The van der Waals surface area contributed by atoms with Gasteiger partial charge >= 0.3 is 0 Å². The molecule has 1 aromatic rings. The zero-order chi connectivity index (χ0) is 10.6. The molecule has 3 nitrogen and oxygen atoms in total. The predicted octanol–water partition coefficient (Wildman–Crippen LogP) is 1.92. The van der Waals surface area contributed by atoms with E-state index < -0.39 is 10.0 Å². The molecule has 0 heterocycles. The van der Waals surface area contributed by atoms with E-state index in [0.717, 1.165) is 4.90 Å². The van der Waals surface area contributed by atoms with Crippen molar-refractivity contribution in [2.24, 2.45) is 0 Å². The van der Waals surface area contributed by atoms with E-state index in [4.69, 9.17) is 0 Å². The van der Waals surface area contributed by atoms with Crippen LogP contribution in [0.15, 0.2) is 34.1 Å². The Bertz CT molecular complexity index is 386. The number of hydrogen-bond acceptors (Lipinski definition) is 4. The average Bonchev–Trinajstić information content (AvgIpc) is 2.18. The molecule has 78 valence electrons. The normalized spacial score (nSPS) is 11.6. The second-order valence-corrected chi connectivity index (χ2v) is 5.53. The van der Waals surface area contributed by atoms with Gasteiger partial charge in [-0.25, -0.2) is 13.1 Å². The van der Waals surface area contributed by atoms with Crippen molar-refractivity contribution in [3.05, 3.63) is 24.3 Å². The Balaban J connectivity index is 2.97. The molecule has 0 spiro atoms. The number of sulfonamides is 1. The molecular formula is C8H11NO2S3. The van der Waals surface area contributed by atoms with E-state index in [1.807, 2.05) is 0 Å². The second-order valence-electron chi connectivity index (χ2n) is 2.56. The minimum Gasteiger partial charge on any atom is -0.211 e. The van der Waals surface area contributed by atoms with Crippen molar-refractivity contribution in [3.63, 3.8) is 0 Å². The highest BCUT2D eigenvalue weighted by molar-refractivity contribution is 8.68. The van der Waals surface area contributed by atoms with E-state index in [-0.39, 0.29) is 4.90 Å². The first-order valence-electron chi connectivity index (χ1n) is 4.01. The highest BCUT2D eigenvalue weighted by atomic mass is 33.1. The van der Waals surface area contributed by atoms with Crippen LogP contribution in [0.1, 0.15) is 6.92 Å². The molecule has 1 rings (SSSR count). The molecule has 0 amide bonds. The summed E-state index contributed by atoms with van der Waals surface area (Å²) in [6.45, 7) is 2.14. The van der Waals surface area contributed by atoms with Gasteiger partial charge in [0.2, 0.25) is 10.0 Å². The van der Waals surface area contributed by atoms with Crippen molar-refractivity contribution in [1.82, 2.24) is 4.72 Å². The van der Waals surface area contributed by atoms with Gasteiger partial charge in [0.05, 0.1) is 4.90 Å². The third kappa shape index (κ3) is 2.91. The minimum absolute atomic E-state index is 0.283. The molecule has 0 radical (unpaired) electrons. The number of nitrogens with one attached hydrogen (secondary N) is 1. The fraction of sp³-hybridized carbons (Fsp3) is 0.250. The lowest BCUT2D eigenvalue weighted by Crippen LogP contribution is -2.22. The Hall–Kier alpha value is -0.170. The van der Waals surface area contributed by atoms with Gasteiger partial charge in [0.1, 0.15) is 0 Å². The summed E-state index contributed by atoms with van der Waals surface area (Å²) in [5, 5.41) is 0. The Morgan fingerprint density at radius 2 is 1.93 bits per heavy atom. The van der Waals surface area contributed by atoms with E-state index in [1.54, 1.807) is 31.2 Å². The van der Waals surface area contributed by atoms with Gasteiger partial charge in [-0.2, -0.15) is 0 Å². The van der Waals surface area contributed by atoms with Crippen molar-refractivity contribution < 1.29 is 8.42 Å². The van der Waals surface area contributed by atoms with Crippen molar-refractivity contribution in [2.45, 2.75) is 16.7 Å². The van der Waals surface area contributed by atoms with Crippen LogP contribution in [0.4, 0.5) is 0 Å². The molecule has 0 aliphatic rings. The fourth-order valence-corrected chi connectivity index (χ4v) is 2.62. The summed E-state index contributed by atoms with van der Waals surface area (Å²) in [7, 11) is -2.04. The van der Waals surface area contributed by atoms with Gasteiger partial charge in [0.15, 0.2) is 0 Å². The van der Waals surface area contributed by atoms with Crippen LogP contribution in [0.5, 0.6) is 0 Å². The Morgan fingerprint density at radius 3 is 2.36 bits per heavy atom. The third-order valence-electron chi connectivity index (χ3n) is 1.57. The molecule has 0 aromatic heterocycles. The Labute approximate surface area is 93.2 Å². The molecule has 6 heteroatoms. The van der Waals surface area contributed by atoms with Gasteiger partial charge in [-0.1, -0.05) is 17.7 Å². The SMILES string of the molecule is CCNS(=O)(=O)c1ccc(SS)cc1. The summed E-state index contributed by atoms with van der Waals surface area (Å²) in [4.78, 5) is 1.20. The number of benzene rings is 1. The van der Waals surface area contributed by atoms with Gasteiger partial charge in [0.25, 0.3) is 0 Å². The molecule has 14 heavy (non-hydrogen) atoms. The zero-order valence-corrected chi connectivity index (χ0v) is 10.1. The van der Waals surface area contributed by atoms with Gasteiger partial charge in [-0.3, -0.25) is 0 Å². The van der Waals surface area contributed by atoms with Crippen LogP contribution >= 0.6 is 22.5 Å². The summed E-state index contributed by atoms with van der Waals surface area (Å²) in [6.07, 6.45) is 0. The van der Waals surface area contributed by atoms with Crippen LogP contribution in [0.25, 0.3) is 0 Å². The molecular weight excluding hydrogens is 238 g/mol. The van der Waals surface area contributed by atoms with Gasteiger partial charge in [-0.15, -0.1) is 11.7 Å². The summed E-state index contributed by atoms with van der Waals surface area (Å²) in [6, 6.07) is 6.58. The van der Waals surface area contributed by atoms with E-state index in [0.29, 0.717) is 6.54 Å². The summed E-state index contributed by atoms with van der Waals surface area (Å²) in [5.41, 5.74) is 0. The van der Waals surface area contributed by atoms with E-state index in [1.165, 1.54) is 10.8 Å². The lowest BCUT2D eigenvalue weighted by molar-refractivity contribution is 0.584. The van der Waals surface area contributed by atoms with Crippen LogP contribution in [0, 0.1) is 0 Å². The molecule has 0 saturated carbocycles. The molecule has 0 saturated heterocycles. The highest BCUT2D eigenvalue weighted by Gasteiger charge is 2.11. The Morgan fingerprint density at radius 1 is 1.36 bits per heavy atom. The highest BCUT2D eigenvalue weighted by Crippen LogP contribution is 2.22. The molecule has 1 aromatic carbocycles. The second kappa shape index (κ2) is 5.06. The smallest absolute Gasteiger partial charge is 0.211 e. The maximum absolute atomic E-state index is 11.5. The molecule has 0 bridgehead atoms. The predicted molar refractivity (Wildman–Crippen MR) is 62.1 cm³/mol. The maximum Gasteiger partial charge on any atom is 0.240 e. The molecule has 0 aliphatic carbocycles. The van der Waals surface area contributed by atoms with Crippen molar-refractivity contribution >= 4 is 32.5 Å². The lowest BCUT2D eigenvalue weighted by Gasteiger charge is -2.04. The first-order chi connectivity index (χ1) is 6.60. The molecule has 1 N–H and O–H groups in total.